The highest BCUT2D eigenvalue weighted by Gasteiger charge is 2.24. The Hall–Kier alpha value is -3.19. The van der Waals surface area contributed by atoms with Crippen molar-refractivity contribution in [3.63, 3.8) is 0 Å². The van der Waals surface area contributed by atoms with Crippen LogP contribution in [0.15, 0.2) is 48.8 Å². The van der Waals surface area contributed by atoms with Crippen LogP contribution in [0, 0.1) is 0 Å². The number of nitrogens with one attached hydrogen (secondary N) is 3. The number of carbonyl (C=O) groups excluding carboxylic acids is 2. The van der Waals surface area contributed by atoms with Gasteiger partial charge in [-0.3, -0.25) is 9.59 Å². The van der Waals surface area contributed by atoms with E-state index < -0.39 is 0 Å². The van der Waals surface area contributed by atoms with Crippen LogP contribution >= 0.6 is 0 Å². The molecule has 1 atom stereocenters. The molecular weight excluding hydrogens is 342 g/mol. The Bertz CT molecular complexity index is 997. The van der Waals surface area contributed by atoms with Gasteiger partial charge in [-0.05, 0) is 43.3 Å². The van der Waals surface area contributed by atoms with E-state index in [1.54, 1.807) is 48.8 Å². The SMILES string of the molecule is C[C@H]1CNCCN1C(=O)c1cccc(NC(=O)c2ccc3nc[nH]c3c2)c1. The number of aromatic nitrogens is 2. The van der Waals surface area contributed by atoms with Gasteiger partial charge >= 0.3 is 0 Å². The molecule has 2 amide bonds. The topological polar surface area (TPSA) is 90.1 Å². The van der Waals surface area contributed by atoms with E-state index >= 15 is 0 Å². The molecule has 27 heavy (non-hydrogen) atoms. The molecule has 3 aromatic rings. The fourth-order valence-electron chi connectivity index (χ4n) is 3.32. The molecule has 2 heterocycles. The Kier molecular flexibility index (Phi) is 4.60. The van der Waals surface area contributed by atoms with E-state index in [2.05, 4.69) is 20.6 Å². The maximum Gasteiger partial charge on any atom is 0.255 e. The van der Waals surface area contributed by atoms with Crippen LogP contribution in [0.5, 0.6) is 0 Å². The zero-order valence-corrected chi connectivity index (χ0v) is 15.0. The zero-order chi connectivity index (χ0) is 18.8. The van der Waals surface area contributed by atoms with E-state index in [9.17, 15) is 9.59 Å². The van der Waals surface area contributed by atoms with Crippen molar-refractivity contribution < 1.29 is 9.59 Å². The molecule has 1 fully saturated rings. The molecule has 4 rings (SSSR count). The maximum atomic E-state index is 12.8. The Balaban J connectivity index is 1.51. The maximum absolute atomic E-state index is 12.8. The van der Waals surface area contributed by atoms with Crippen LogP contribution in [0.3, 0.4) is 0 Å². The monoisotopic (exact) mass is 363 g/mol. The molecule has 1 aliphatic heterocycles. The van der Waals surface area contributed by atoms with Crippen molar-refractivity contribution in [2.45, 2.75) is 13.0 Å². The molecular formula is C20H21N5O2. The zero-order valence-electron chi connectivity index (χ0n) is 15.0. The average molecular weight is 363 g/mol. The first-order valence-electron chi connectivity index (χ1n) is 8.98. The normalized spacial score (nSPS) is 17.1. The number of imidazole rings is 1. The van der Waals surface area contributed by atoms with Crippen LogP contribution in [0.2, 0.25) is 0 Å². The summed E-state index contributed by atoms with van der Waals surface area (Å²) in [7, 11) is 0. The van der Waals surface area contributed by atoms with Crippen LogP contribution < -0.4 is 10.6 Å². The van der Waals surface area contributed by atoms with Crippen molar-refractivity contribution in [3.05, 3.63) is 59.9 Å². The van der Waals surface area contributed by atoms with Gasteiger partial charge in [0.2, 0.25) is 0 Å². The highest BCUT2D eigenvalue weighted by molar-refractivity contribution is 6.06. The second-order valence-electron chi connectivity index (χ2n) is 6.72. The van der Waals surface area contributed by atoms with Gasteiger partial charge in [0.15, 0.2) is 0 Å². The van der Waals surface area contributed by atoms with Crippen molar-refractivity contribution in [3.8, 4) is 0 Å². The molecule has 138 valence electrons. The summed E-state index contributed by atoms with van der Waals surface area (Å²) in [6.45, 7) is 4.29. The molecule has 2 aromatic carbocycles. The second-order valence-corrected chi connectivity index (χ2v) is 6.72. The number of aromatic amines is 1. The Morgan fingerprint density at radius 2 is 2.07 bits per heavy atom. The molecule has 1 aromatic heterocycles. The van der Waals surface area contributed by atoms with E-state index in [0.29, 0.717) is 23.4 Å². The molecule has 0 radical (unpaired) electrons. The number of nitrogens with zero attached hydrogens (tertiary/aromatic N) is 2. The number of hydrogen-bond acceptors (Lipinski definition) is 4. The molecule has 0 unspecified atom stereocenters. The Labute approximate surface area is 156 Å². The van der Waals surface area contributed by atoms with Gasteiger partial charge < -0.3 is 20.5 Å². The number of fused-ring (bicyclic) bond motifs is 1. The second kappa shape index (κ2) is 7.20. The lowest BCUT2D eigenvalue weighted by atomic mass is 10.1. The average Bonchev–Trinajstić information content (AvgIpc) is 3.16. The van der Waals surface area contributed by atoms with Crippen LogP contribution in [-0.2, 0) is 0 Å². The lowest BCUT2D eigenvalue weighted by Crippen LogP contribution is -2.52. The van der Waals surface area contributed by atoms with Crippen molar-refractivity contribution in [2.75, 3.05) is 25.0 Å². The lowest BCUT2D eigenvalue weighted by Gasteiger charge is -2.34. The molecule has 1 aliphatic rings. The van der Waals surface area contributed by atoms with E-state index in [1.165, 1.54) is 0 Å². The molecule has 1 saturated heterocycles. The van der Waals surface area contributed by atoms with Crippen molar-refractivity contribution >= 4 is 28.5 Å². The van der Waals surface area contributed by atoms with Crippen molar-refractivity contribution in [1.29, 1.82) is 0 Å². The summed E-state index contributed by atoms with van der Waals surface area (Å²) in [5.74, 6) is -0.245. The fraction of sp³-hybridized carbons (Fsp3) is 0.250. The quantitative estimate of drug-likeness (QED) is 0.666. The Morgan fingerprint density at radius 1 is 1.19 bits per heavy atom. The predicted octanol–water partition coefficient (Wildman–Crippen LogP) is 2.25. The third kappa shape index (κ3) is 3.54. The first kappa shape index (κ1) is 17.2. The first-order valence-corrected chi connectivity index (χ1v) is 8.98. The fourth-order valence-corrected chi connectivity index (χ4v) is 3.32. The highest BCUT2D eigenvalue weighted by atomic mass is 16.2. The molecule has 7 nitrogen and oxygen atoms in total. The van der Waals surface area contributed by atoms with Gasteiger partial charge in [-0.25, -0.2) is 4.98 Å². The van der Waals surface area contributed by atoms with Gasteiger partial charge in [-0.15, -0.1) is 0 Å². The summed E-state index contributed by atoms with van der Waals surface area (Å²) in [6, 6.07) is 12.5. The van der Waals surface area contributed by atoms with Gasteiger partial charge in [0.25, 0.3) is 11.8 Å². The minimum atomic E-state index is -0.230. The minimum absolute atomic E-state index is 0.0148. The molecule has 0 spiro atoms. The number of carbonyl (C=O) groups is 2. The van der Waals surface area contributed by atoms with Gasteiger partial charge in [-0.2, -0.15) is 0 Å². The van der Waals surface area contributed by atoms with Crippen LogP contribution in [0.4, 0.5) is 5.69 Å². The standard InChI is InChI=1S/C20H21N5O2/c1-13-11-21-7-8-25(13)20(27)15-3-2-4-16(9-15)24-19(26)14-5-6-17-18(10-14)23-12-22-17/h2-6,9-10,12-13,21H,7-8,11H2,1H3,(H,22,23)(H,24,26)/t13-/m0/s1. The van der Waals surface area contributed by atoms with Crippen LogP contribution in [-0.4, -0.2) is 52.4 Å². The van der Waals surface area contributed by atoms with Crippen molar-refractivity contribution in [2.24, 2.45) is 0 Å². The number of rotatable bonds is 3. The number of benzene rings is 2. The van der Waals surface area contributed by atoms with Gasteiger partial charge in [0, 0.05) is 42.5 Å². The number of amides is 2. The van der Waals surface area contributed by atoms with E-state index in [4.69, 9.17) is 0 Å². The van der Waals surface area contributed by atoms with E-state index in [1.807, 2.05) is 11.8 Å². The lowest BCUT2D eigenvalue weighted by molar-refractivity contribution is 0.0655. The summed E-state index contributed by atoms with van der Waals surface area (Å²) in [4.78, 5) is 34.4. The molecule has 0 aliphatic carbocycles. The number of hydrogen-bond donors (Lipinski definition) is 3. The summed E-state index contributed by atoms with van der Waals surface area (Å²) in [6.07, 6.45) is 1.60. The summed E-state index contributed by atoms with van der Waals surface area (Å²) < 4.78 is 0. The number of H-pyrrole nitrogens is 1. The van der Waals surface area contributed by atoms with Gasteiger partial charge in [0.1, 0.15) is 0 Å². The third-order valence-corrected chi connectivity index (χ3v) is 4.81. The predicted molar refractivity (Wildman–Crippen MR) is 104 cm³/mol. The van der Waals surface area contributed by atoms with Crippen LogP contribution in [0.1, 0.15) is 27.6 Å². The summed E-state index contributed by atoms with van der Waals surface area (Å²) in [5.41, 5.74) is 3.31. The number of anilines is 1. The third-order valence-electron chi connectivity index (χ3n) is 4.81. The minimum Gasteiger partial charge on any atom is -0.345 e. The Morgan fingerprint density at radius 3 is 2.93 bits per heavy atom. The van der Waals surface area contributed by atoms with Crippen molar-refractivity contribution in [1.82, 2.24) is 20.2 Å². The molecule has 0 saturated carbocycles. The van der Waals surface area contributed by atoms with Crippen LogP contribution in [0.25, 0.3) is 11.0 Å². The molecule has 7 heteroatoms. The van der Waals surface area contributed by atoms with Gasteiger partial charge in [-0.1, -0.05) is 6.07 Å². The van der Waals surface area contributed by atoms with E-state index in [-0.39, 0.29) is 17.9 Å². The summed E-state index contributed by atoms with van der Waals surface area (Å²) in [5, 5.41) is 6.15. The van der Waals surface area contributed by atoms with E-state index in [0.717, 1.165) is 24.1 Å². The molecule has 3 N–H and O–H groups in total. The largest absolute Gasteiger partial charge is 0.345 e. The smallest absolute Gasteiger partial charge is 0.255 e. The van der Waals surface area contributed by atoms with Gasteiger partial charge in [0.05, 0.1) is 17.4 Å². The first-order chi connectivity index (χ1) is 13.1. The summed E-state index contributed by atoms with van der Waals surface area (Å²) >= 11 is 0. The number of piperazine rings is 1. The molecule has 0 bridgehead atoms. The highest BCUT2D eigenvalue weighted by Crippen LogP contribution is 2.17.